The van der Waals surface area contributed by atoms with Gasteiger partial charge in [0.05, 0.1) is 32.3 Å². The Kier molecular flexibility index (Phi) is 9.05. The number of allylic oxidation sites excluding steroid dienone is 3. The minimum absolute atomic E-state index is 0.0465. The quantitative estimate of drug-likeness (QED) is 0.0960. The lowest BCUT2D eigenvalue weighted by atomic mass is 9.38. The van der Waals surface area contributed by atoms with Crippen molar-refractivity contribution in [3.05, 3.63) is 23.5 Å². The molecule has 0 amide bonds. The molecule has 0 aromatic heterocycles. The average molecular weight is 697 g/mol. The van der Waals surface area contributed by atoms with Gasteiger partial charge in [-0.15, -0.1) is 0 Å². The number of aliphatic hydroxyl groups excluding tert-OH is 6. The molecule has 0 aromatic rings. The summed E-state index contributed by atoms with van der Waals surface area (Å²) in [5.41, 5.74) is -4.44. The van der Waals surface area contributed by atoms with Crippen molar-refractivity contribution in [3.8, 4) is 0 Å². The number of ether oxygens (including phenoxy) is 6. The van der Waals surface area contributed by atoms with E-state index in [1.165, 1.54) is 12.2 Å². The van der Waals surface area contributed by atoms with E-state index in [2.05, 4.69) is 0 Å². The number of carbonyl (C=O) groups is 4. The molecule has 16 nitrogen and oxygen atoms in total. The molecule has 2 saturated carbocycles. The van der Waals surface area contributed by atoms with Crippen LogP contribution in [0.5, 0.6) is 0 Å². The van der Waals surface area contributed by atoms with Gasteiger partial charge in [-0.25, -0.2) is 14.4 Å². The number of methoxy groups -OCH3 is 1. The maximum atomic E-state index is 13.8. The van der Waals surface area contributed by atoms with E-state index in [9.17, 15) is 49.8 Å². The smallest absolute Gasteiger partial charge is 0.348 e. The fourth-order valence-electron chi connectivity index (χ4n) is 9.64. The Morgan fingerprint density at radius 2 is 1.76 bits per heavy atom. The first-order chi connectivity index (χ1) is 23.0. The first-order valence-electron chi connectivity index (χ1n) is 16.5. The van der Waals surface area contributed by atoms with Crippen molar-refractivity contribution in [3.63, 3.8) is 0 Å². The zero-order valence-corrected chi connectivity index (χ0v) is 27.8. The number of ketones is 1. The molecule has 2 bridgehead atoms. The molecule has 49 heavy (non-hydrogen) atoms. The number of Topliss-reactive ketones (excluding diaryl/α,β-unsaturated/α-hetero) is 1. The van der Waals surface area contributed by atoms with Crippen LogP contribution in [0.15, 0.2) is 23.5 Å². The van der Waals surface area contributed by atoms with E-state index in [0.717, 1.165) is 7.11 Å². The molecule has 16 unspecified atom stereocenters. The Bertz CT molecular complexity index is 1460. The fraction of sp³-hybridized carbons (Fsp3) is 0.758. The van der Waals surface area contributed by atoms with Crippen LogP contribution < -0.4 is 0 Å². The third-order valence-electron chi connectivity index (χ3n) is 12.1. The summed E-state index contributed by atoms with van der Waals surface area (Å²) in [6.45, 7) is 5.78. The molecule has 16 atom stereocenters. The Morgan fingerprint density at radius 1 is 1.06 bits per heavy atom. The topological polar surface area (TPSA) is 245 Å². The second kappa shape index (κ2) is 12.4. The first kappa shape index (κ1) is 35.9. The van der Waals surface area contributed by atoms with Crippen LogP contribution in [0.4, 0.5) is 0 Å². The summed E-state index contributed by atoms with van der Waals surface area (Å²) in [5, 5.41) is 64.7. The molecule has 6 N–H and O–H groups in total. The van der Waals surface area contributed by atoms with Gasteiger partial charge < -0.3 is 59.1 Å². The Morgan fingerprint density at radius 3 is 2.39 bits per heavy atom. The summed E-state index contributed by atoms with van der Waals surface area (Å²) in [7, 11) is 1.06. The van der Waals surface area contributed by atoms with E-state index in [-0.39, 0.29) is 18.8 Å². The van der Waals surface area contributed by atoms with Gasteiger partial charge in [0.15, 0.2) is 11.5 Å². The minimum Gasteiger partial charge on any atom is -0.467 e. The second-order valence-corrected chi connectivity index (χ2v) is 14.4. The Hall–Kier alpha value is -2.96. The Balaban J connectivity index is 1.48. The van der Waals surface area contributed by atoms with Gasteiger partial charge in [-0.05, 0) is 37.2 Å². The molecule has 0 radical (unpaired) electrons. The number of esters is 3. The van der Waals surface area contributed by atoms with Crippen molar-refractivity contribution in [2.45, 2.75) is 101 Å². The summed E-state index contributed by atoms with van der Waals surface area (Å²) in [4.78, 5) is 54.2. The third kappa shape index (κ3) is 4.86. The van der Waals surface area contributed by atoms with Gasteiger partial charge in [0, 0.05) is 23.3 Å². The molecule has 3 saturated heterocycles. The highest BCUT2D eigenvalue weighted by Gasteiger charge is 2.85. The molecule has 6 aliphatic rings. The van der Waals surface area contributed by atoms with E-state index in [1.807, 2.05) is 6.92 Å². The van der Waals surface area contributed by atoms with Crippen molar-refractivity contribution < 1.29 is 78.2 Å². The van der Waals surface area contributed by atoms with Gasteiger partial charge in [-0.3, -0.25) is 4.79 Å². The third-order valence-corrected chi connectivity index (χ3v) is 12.1. The van der Waals surface area contributed by atoms with Crippen LogP contribution in [-0.2, 0) is 47.6 Å². The zero-order chi connectivity index (χ0) is 36.0. The molecule has 3 heterocycles. The summed E-state index contributed by atoms with van der Waals surface area (Å²) in [6, 6.07) is 0. The highest BCUT2D eigenvalue weighted by molar-refractivity contribution is 5.97. The molecule has 0 aromatic carbocycles. The van der Waals surface area contributed by atoms with E-state index in [1.54, 1.807) is 20.8 Å². The average Bonchev–Trinajstić information content (AvgIpc) is 3.38. The van der Waals surface area contributed by atoms with Crippen molar-refractivity contribution in [2.75, 3.05) is 20.3 Å². The molecular formula is C33H44O16. The van der Waals surface area contributed by atoms with Gasteiger partial charge in [0.2, 0.25) is 18.0 Å². The van der Waals surface area contributed by atoms with Crippen LogP contribution in [0.25, 0.3) is 0 Å². The predicted molar refractivity (Wildman–Crippen MR) is 159 cm³/mol. The van der Waals surface area contributed by atoms with E-state index in [4.69, 9.17) is 28.4 Å². The van der Waals surface area contributed by atoms with Crippen LogP contribution in [-0.4, -0.2) is 135 Å². The lowest BCUT2D eigenvalue weighted by Gasteiger charge is -2.67. The zero-order valence-electron chi connectivity index (χ0n) is 27.8. The lowest BCUT2D eigenvalue weighted by molar-refractivity contribution is -0.296. The van der Waals surface area contributed by atoms with Crippen molar-refractivity contribution >= 4 is 23.7 Å². The van der Waals surface area contributed by atoms with Crippen LogP contribution in [0.2, 0.25) is 0 Å². The van der Waals surface area contributed by atoms with Crippen molar-refractivity contribution in [2.24, 2.45) is 34.5 Å². The highest BCUT2D eigenvalue weighted by Crippen LogP contribution is 2.72. The van der Waals surface area contributed by atoms with Crippen LogP contribution in [0.1, 0.15) is 40.5 Å². The highest BCUT2D eigenvalue weighted by atomic mass is 16.7. The number of hydrogen-bond donors (Lipinski definition) is 6. The Labute approximate surface area is 281 Å². The maximum Gasteiger partial charge on any atom is 0.348 e. The normalized spacial score (nSPS) is 48.8. The number of fused-ring (bicyclic) bond motifs is 2. The molecule has 3 aliphatic carbocycles. The molecular weight excluding hydrogens is 652 g/mol. The molecule has 16 heteroatoms. The number of rotatable bonds is 7. The van der Waals surface area contributed by atoms with E-state index >= 15 is 0 Å². The second-order valence-electron chi connectivity index (χ2n) is 14.4. The van der Waals surface area contributed by atoms with Crippen LogP contribution in [0.3, 0.4) is 0 Å². The van der Waals surface area contributed by atoms with Crippen LogP contribution in [0, 0.1) is 34.5 Å². The summed E-state index contributed by atoms with van der Waals surface area (Å²) in [5.74, 6) is -7.83. The monoisotopic (exact) mass is 696 g/mol. The van der Waals surface area contributed by atoms with Crippen molar-refractivity contribution in [1.82, 2.24) is 0 Å². The predicted octanol–water partition coefficient (Wildman–Crippen LogP) is -1.98. The van der Waals surface area contributed by atoms with Gasteiger partial charge in [0.25, 0.3) is 0 Å². The molecule has 1 spiro atoms. The summed E-state index contributed by atoms with van der Waals surface area (Å²) >= 11 is 0. The SMILES string of the molecule is CCC(C)=CC(=O)OC1C(=O)OC2CC3C(C)C(=O)C(OC4OC(CO)C(O)C(O)C4O)=CC3(C)C3C(O)C(O)C4(C(=O)OC)OCC23C14. The van der Waals surface area contributed by atoms with Gasteiger partial charge in [0.1, 0.15) is 36.6 Å². The van der Waals surface area contributed by atoms with E-state index < -0.39 is 126 Å². The molecule has 272 valence electrons. The number of carbonyl (C=O) groups excluding carboxylic acids is 4. The van der Waals surface area contributed by atoms with E-state index in [0.29, 0.717) is 12.0 Å². The molecule has 5 fully saturated rings. The van der Waals surface area contributed by atoms with Gasteiger partial charge in [-0.2, -0.15) is 0 Å². The first-order valence-corrected chi connectivity index (χ1v) is 16.5. The summed E-state index contributed by atoms with van der Waals surface area (Å²) in [6.07, 6.45) is -11.6. The largest absolute Gasteiger partial charge is 0.467 e. The number of hydrogen-bond acceptors (Lipinski definition) is 16. The fourth-order valence-corrected chi connectivity index (χ4v) is 9.64. The standard InChI is InChI=1S/C33H44O16/c1-6-12(2)7-18(35)49-24-26-32-11-45-33(26,30(43)44-5)27(41)23(40)25(32)31(4)9-15(19(36)13(3)14(31)8-17(32)48-28(24)42)46-29-22(39)21(38)20(37)16(10-34)47-29/h7,9,13-14,16-17,20-27,29,34,37-41H,6,8,10-11H2,1-5H3. The minimum atomic E-state index is -2.34. The maximum absolute atomic E-state index is 13.8. The van der Waals surface area contributed by atoms with Gasteiger partial charge in [-0.1, -0.05) is 26.3 Å². The summed E-state index contributed by atoms with van der Waals surface area (Å²) < 4.78 is 34.2. The number of aliphatic hydroxyl groups is 6. The molecule has 6 rings (SSSR count). The molecule has 3 aliphatic heterocycles. The van der Waals surface area contributed by atoms with Gasteiger partial charge >= 0.3 is 17.9 Å². The lowest BCUT2D eigenvalue weighted by Crippen LogP contribution is -2.79. The van der Waals surface area contributed by atoms with Crippen LogP contribution >= 0.6 is 0 Å². The van der Waals surface area contributed by atoms with Crippen molar-refractivity contribution in [1.29, 1.82) is 0 Å².